The maximum Gasteiger partial charge on any atom is 0.124 e. The van der Waals surface area contributed by atoms with E-state index < -0.39 is 10.8 Å². The normalized spacial score (nSPS) is 12.4. The van der Waals surface area contributed by atoms with E-state index in [4.69, 9.17) is 0 Å². The van der Waals surface area contributed by atoms with Gasteiger partial charge in [0, 0.05) is 16.7 Å². The van der Waals surface area contributed by atoms with Crippen molar-refractivity contribution < 1.29 is 9.32 Å². The first kappa shape index (κ1) is 17.2. The van der Waals surface area contributed by atoms with Crippen molar-refractivity contribution in [1.82, 2.24) is 0 Å². The van der Waals surface area contributed by atoms with E-state index >= 15 is 0 Å². The van der Waals surface area contributed by atoms with Crippen molar-refractivity contribution in [3.05, 3.63) is 96.6 Å². The fourth-order valence-electron chi connectivity index (χ4n) is 2.95. The van der Waals surface area contributed by atoms with Crippen LogP contribution in [-0.2, 0) is 10.8 Å². The van der Waals surface area contributed by atoms with Crippen molar-refractivity contribution in [2.24, 2.45) is 4.99 Å². The third-order valence-corrected chi connectivity index (χ3v) is 5.75. The number of phenols is 1. The molecule has 132 valence electrons. The lowest BCUT2D eigenvalue weighted by Crippen LogP contribution is -1.93. The minimum Gasteiger partial charge on any atom is -0.507 e. The van der Waals surface area contributed by atoms with Gasteiger partial charge in [0.1, 0.15) is 5.75 Å². The molecule has 0 heterocycles. The second kappa shape index (κ2) is 7.56. The monoisotopic (exact) mass is 371 g/mol. The summed E-state index contributed by atoms with van der Waals surface area (Å²) >= 11 is 0. The number of hydrogen-bond acceptors (Lipinski definition) is 3. The Bertz CT molecular complexity index is 1150. The molecule has 0 aromatic heterocycles. The first-order chi connectivity index (χ1) is 13.2. The van der Waals surface area contributed by atoms with E-state index in [1.165, 1.54) is 0 Å². The number of benzene rings is 4. The molecular formula is C23H17NO2S. The van der Waals surface area contributed by atoms with Crippen LogP contribution in [0.4, 0.5) is 5.69 Å². The highest BCUT2D eigenvalue weighted by molar-refractivity contribution is 7.85. The third-order valence-electron chi connectivity index (χ3n) is 4.30. The highest BCUT2D eigenvalue weighted by Gasteiger charge is 2.11. The highest BCUT2D eigenvalue weighted by Crippen LogP contribution is 2.29. The average Bonchev–Trinajstić information content (AvgIpc) is 2.73. The zero-order chi connectivity index (χ0) is 18.6. The van der Waals surface area contributed by atoms with Crippen LogP contribution in [0.3, 0.4) is 0 Å². The fourth-order valence-corrected chi connectivity index (χ4v) is 4.12. The summed E-state index contributed by atoms with van der Waals surface area (Å²) in [4.78, 5) is 5.92. The van der Waals surface area contributed by atoms with Crippen molar-refractivity contribution in [3.63, 3.8) is 0 Å². The van der Waals surface area contributed by atoms with Crippen molar-refractivity contribution in [1.29, 1.82) is 0 Å². The molecule has 3 nitrogen and oxygen atoms in total. The molecule has 0 saturated heterocycles. The Morgan fingerprint density at radius 3 is 2.33 bits per heavy atom. The van der Waals surface area contributed by atoms with Crippen LogP contribution < -0.4 is 0 Å². The number of para-hydroxylation sites is 1. The molecule has 0 aliphatic carbocycles. The fraction of sp³-hybridized carbons (Fsp3) is 0. The quantitative estimate of drug-likeness (QED) is 0.484. The summed E-state index contributed by atoms with van der Waals surface area (Å²) in [6.07, 6.45) is 1.64. The largest absolute Gasteiger partial charge is 0.507 e. The standard InChI is InChI=1S/C23H17NO2S/c25-22-15-14-17-8-4-5-11-19(17)20(22)16-24-21-12-6-7-13-23(21)27(26)18-9-2-1-3-10-18/h1-16,25H/t27-/m1/s1. The highest BCUT2D eigenvalue weighted by atomic mass is 32.2. The van der Waals surface area contributed by atoms with Crippen LogP contribution in [-0.4, -0.2) is 15.5 Å². The van der Waals surface area contributed by atoms with Gasteiger partial charge in [-0.25, -0.2) is 4.21 Å². The van der Waals surface area contributed by atoms with Gasteiger partial charge in [0.2, 0.25) is 0 Å². The van der Waals surface area contributed by atoms with Crippen LogP contribution in [0.5, 0.6) is 5.75 Å². The van der Waals surface area contributed by atoms with E-state index in [0.717, 1.165) is 15.7 Å². The second-order valence-electron chi connectivity index (χ2n) is 6.03. The van der Waals surface area contributed by atoms with Gasteiger partial charge in [-0.1, -0.05) is 60.7 Å². The number of aliphatic imine (C=N–C) groups is 1. The summed E-state index contributed by atoms with van der Waals surface area (Å²) in [5.41, 5.74) is 1.26. The molecule has 0 aliphatic heterocycles. The molecule has 4 rings (SSSR count). The molecule has 0 aliphatic rings. The van der Waals surface area contributed by atoms with Crippen LogP contribution >= 0.6 is 0 Å². The summed E-state index contributed by atoms with van der Waals surface area (Å²) in [6, 6.07) is 28.0. The number of fused-ring (bicyclic) bond motifs is 1. The van der Waals surface area contributed by atoms with E-state index in [1.807, 2.05) is 84.9 Å². The van der Waals surface area contributed by atoms with Gasteiger partial charge in [-0.05, 0) is 41.1 Å². The Labute approximate surface area is 160 Å². The molecule has 4 aromatic carbocycles. The van der Waals surface area contributed by atoms with Gasteiger partial charge in [0.05, 0.1) is 21.4 Å². The van der Waals surface area contributed by atoms with Crippen LogP contribution in [0.15, 0.2) is 106 Å². The van der Waals surface area contributed by atoms with Gasteiger partial charge < -0.3 is 5.11 Å². The van der Waals surface area contributed by atoms with Crippen molar-refractivity contribution in [2.45, 2.75) is 9.79 Å². The zero-order valence-corrected chi connectivity index (χ0v) is 15.3. The van der Waals surface area contributed by atoms with Gasteiger partial charge in [0.25, 0.3) is 0 Å². The zero-order valence-electron chi connectivity index (χ0n) is 14.4. The molecular weight excluding hydrogens is 354 g/mol. The number of aromatic hydroxyl groups is 1. The average molecular weight is 371 g/mol. The predicted octanol–water partition coefficient (Wildman–Crippen LogP) is 5.46. The Morgan fingerprint density at radius 2 is 1.48 bits per heavy atom. The van der Waals surface area contributed by atoms with Crippen molar-refractivity contribution in [2.75, 3.05) is 0 Å². The van der Waals surface area contributed by atoms with Crippen LogP contribution in [0.1, 0.15) is 5.56 Å². The smallest absolute Gasteiger partial charge is 0.124 e. The maximum atomic E-state index is 12.9. The summed E-state index contributed by atoms with van der Waals surface area (Å²) in [7, 11) is -1.32. The molecule has 0 amide bonds. The number of nitrogens with zero attached hydrogens (tertiary/aromatic N) is 1. The lowest BCUT2D eigenvalue weighted by Gasteiger charge is -2.07. The van der Waals surface area contributed by atoms with Crippen LogP contribution in [0, 0.1) is 0 Å². The first-order valence-corrected chi connectivity index (χ1v) is 9.69. The van der Waals surface area contributed by atoms with Gasteiger partial charge in [0.15, 0.2) is 0 Å². The van der Waals surface area contributed by atoms with Gasteiger partial charge in [-0.3, -0.25) is 4.99 Å². The molecule has 1 N–H and O–H groups in total. The predicted molar refractivity (Wildman–Crippen MR) is 110 cm³/mol. The summed E-state index contributed by atoms with van der Waals surface area (Å²) in [5, 5.41) is 12.2. The molecule has 0 radical (unpaired) electrons. The molecule has 4 aromatic rings. The minimum absolute atomic E-state index is 0.166. The summed E-state index contributed by atoms with van der Waals surface area (Å²) in [6.45, 7) is 0. The molecule has 4 heteroatoms. The molecule has 1 atom stereocenters. The van der Waals surface area contributed by atoms with Gasteiger partial charge in [-0.2, -0.15) is 0 Å². The molecule has 0 fully saturated rings. The molecule has 0 spiro atoms. The van der Waals surface area contributed by atoms with E-state index in [1.54, 1.807) is 12.3 Å². The third kappa shape index (κ3) is 3.52. The Hall–Kier alpha value is -3.24. The Morgan fingerprint density at radius 1 is 0.778 bits per heavy atom. The lowest BCUT2D eigenvalue weighted by molar-refractivity contribution is 0.475. The first-order valence-electron chi connectivity index (χ1n) is 8.55. The van der Waals surface area contributed by atoms with E-state index in [2.05, 4.69) is 4.99 Å². The Balaban J connectivity index is 1.77. The molecule has 0 bridgehead atoms. The molecule has 27 heavy (non-hydrogen) atoms. The van der Waals surface area contributed by atoms with Gasteiger partial charge in [-0.15, -0.1) is 0 Å². The second-order valence-corrected chi connectivity index (χ2v) is 7.48. The molecule has 0 unspecified atom stereocenters. The van der Waals surface area contributed by atoms with Crippen LogP contribution in [0.2, 0.25) is 0 Å². The summed E-state index contributed by atoms with van der Waals surface area (Å²) in [5.74, 6) is 0.166. The number of rotatable bonds is 4. The summed E-state index contributed by atoms with van der Waals surface area (Å²) < 4.78 is 12.9. The Kier molecular flexibility index (Phi) is 4.81. The maximum absolute atomic E-state index is 12.9. The molecule has 0 saturated carbocycles. The minimum atomic E-state index is -1.32. The topological polar surface area (TPSA) is 49.7 Å². The van der Waals surface area contributed by atoms with Crippen LogP contribution in [0.25, 0.3) is 10.8 Å². The number of phenolic OH excluding ortho intramolecular Hbond substituents is 1. The van der Waals surface area contributed by atoms with Crippen molar-refractivity contribution in [3.8, 4) is 5.75 Å². The lowest BCUT2D eigenvalue weighted by atomic mass is 10.0. The van der Waals surface area contributed by atoms with Gasteiger partial charge >= 0.3 is 0 Å². The van der Waals surface area contributed by atoms with E-state index in [0.29, 0.717) is 16.1 Å². The van der Waals surface area contributed by atoms with Crippen molar-refractivity contribution >= 4 is 33.5 Å². The van der Waals surface area contributed by atoms with E-state index in [-0.39, 0.29) is 5.75 Å². The number of hydrogen-bond donors (Lipinski definition) is 1. The van der Waals surface area contributed by atoms with E-state index in [9.17, 15) is 9.32 Å². The SMILES string of the molecule is O=[S@](c1ccccc1)c1ccccc1N=Cc1c(O)ccc2ccccc12.